The highest BCUT2D eigenvalue weighted by Gasteiger charge is 2.12. The average molecular weight is 308 g/mol. The van der Waals surface area contributed by atoms with Gasteiger partial charge in [-0.05, 0) is 20.8 Å². The normalized spacial score (nSPS) is 13.6. The van der Waals surface area contributed by atoms with Crippen LogP contribution in [0.5, 0.6) is 0 Å². The van der Waals surface area contributed by atoms with Crippen LogP contribution in [0.15, 0.2) is 0 Å². The van der Waals surface area contributed by atoms with Crippen LogP contribution in [-0.2, 0) is 28.4 Å². The van der Waals surface area contributed by atoms with E-state index in [1.807, 2.05) is 20.8 Å². The molecule has 0 aliphatic rings. The zero-order chi connectivity index (χ0) is 16.0. The third kappa shape index (κ3) is 16.0. The first-order valence-corrected chi connectivity index (χ1v) is 7.38. The fourth-order valence-electron chi connectivity index (χ4n) is 1.42. The summed E-state index contributed by atoms with van der Waals surface area (Å²) in [5.74, 6) is 0. The van der Waals surface area contributed by atoms with Gasteiger partial charge in [0.15, 0.2) is 0 Å². The van der Waals surface area contributed by atoms with Crippen molar-refractivity contribution in [2.45, 2.75) is 32.5 Å². The maximum Gasteiger partial charge on any atom is 0.104 e. The molecule has 1 unspecified atom stereocenters. The predicted molar refractivity (Wildman–Crippen MR) is 80.8 cm³/mol. The molecule has 0 rings (SSSR count). The van der Waals surface area contributed by atoms with Crippen LogP contribution in [0.1, 0.15) is 20.8 Å². The van der Waals surface area contributed by atoms with Crippen LogP contribution < -0.4 is 0 Å². The molecule has 6 heteroatoms. The van der Waals surface area contributed by atoms with Crippen molar-refractivity contribution in [2.24, 2.45) is 0 Å². The van der Waals surface area contributed by atoms with Crippen molar-refractivity contribution < 1.29 is 28.4 Å². The summed E-state index contributed by atoms with van der Waals surface area (Å²) in [5, 5.41) is 0. The molecule has 0 fully saturated rings. The molecule has 1 atom stereocenters. The van der Waals surface area contributed by atoms with E-state index in [9.17, 15) is 0 Å². The van der Waals surface area contributed by atoms with Gasteiger partial charge in [-0.15, -0.1) is 0 Å². The largest absolute Gasteiger partial charge is 0.382 e. The minimum Gasteiger partial charge on any atom is -0.382 e. The lowest BCUT2D eigenvalue weighted by Crippen LogP contribution is -2.29. The fourth-order valence-corrected chi connectivity index (χ4v) is 1.42. The summed E-state index contributed by atoms with van der Waals surface area (Å²) in [6.45, 7) is 10.3. The van der Waals surface area contributed by atoms with E-state index < -0.39 is 0 Å². The van der Waals surface area contributed by atoms with E-state index in [0.717, 1.165) is 0 Å². The molecule has 0 spiro atoms. The molecule has 0 aromatic rings. The van der Waals surface area contributed by atoms with Crippen LogP contribution in [0.4, 0.5) is 0 Å². The number of rotatable bonds is 14. The van der Waals surface area contributed by atoms with E-state index >= 15 is 0 Å². The maximum absolute atomic E-state index is 5.65. The second kappa shape index (κ2) is 13.4. The first-order chi connectivity index (χ1) is 9.99. The van der Waals surface area contributed by atoms with Crippen LogP contribution >= 0.6 is 0 Å². The van der Waals surface area contributed by atoms with Crippen molar-refractivity contribution in [3.63, 3.8) is 0 Å². The van der Waals surface area contributed by atoms with Crippen LogP contribution in [0.2, 0.25) is 0 Å². The Morgan fingerprint density at radius 2 is 1.24 bits per heavy atom. The third-order valence-electron chi connectivity index (χ3n) is 2.44. The molecular formula is C15H32O6. The van der Waals surface area contributed by atoms with E-state index in [0.29, 0.717) is 52.9 Å². The summed E-state index contributed by atoms with van der Waals surface area (Å²) >= 11 is 0. The van der Waals surface area contributed by atoms with Crippen molar-refractivity contribution in [3.05, 3.63) is 0 Å². The molecule has 0 amide bonds. The van der Waals surface area contributed by atoms with Gasteiger partial charge in [0.1, 0.15) is 6.10 Å². The quantitative estimate of drug-likeness (QED) is 0.453. The summed E-state index contributed by atoms with van der Waals surface area (Å²) in [7, 11) is 3.29. The Kier molecular flexibility index (Phi) is 13.3. The molecule has 0 aliphatic heterocycles. The van der Waals surface area contributed by atoms with Crippen LogP contribution in [-0.4, -0.2) is 78.8 Å². The molecule has 0 aromatic carbocycles. The molecule has 6 nitrogen and oxygen atoms in total. The van der Waals surface area contributed by atoms with Crippen molar-refractivity contribution >= 4 is 0 Å². The van der Waals surface area contributed by atoms with E-state index in [2.05, 4.69) is 0 Å². The summed E-state index contributed by atoms with van der Waals surface area (Å²) in [5.41, 5.74) is -0.138. The average Bonchev–Trinajstić information content (AvgIpc) is 2.41. The molecule has 0 heterocycles. The van der Waals surface area contributed by atoms with Gasteiger partial charge in [0.05, 0.1) is 58.5 Å². The molecular weight excluding hydrogens is 276 g/mol. The monoisotopic (exact) mass is 308 g/mol. The van der Waals surface area contributed by atoms with Crippen molar-refractivity contribution in [3.8, 4) is 0 Å². The van der Waals surface area contributed by atoms with E-state index in [1.165, 1.54) is 0 Å². The molecule has 0 aliphatic carbocycles. The van der Waals surface area contributed by atoms with Gasteiger partial charge in [0, 0.05) is 14.2 Å². The molecule has 0 bridgehead atoms. The van der Waals surface area contributed by atoms with Crippen molar-refractivity contribution in [1.82, 2.24) is 0 Å². The van der Waals surface area contributed by atoms with Crippen LogP contribution in [0, 0.1) is 0 Å². The topological polar surface area (TPSA) is 55.4 Å². The second-order valence-corrected chi connectivity index (χ2v) is 5.59. The Morgan fingerprint density at radius 1 is 0.714 bits per heavy atom. The highest BCUT2D eigenvalue weighted by Crippen LogP contribution is 2.05. The molecule has 0 aromatic heterocycles. The lowest BCUT2D eigenvalue weighted by molar-refractivity contribution is -0.0884. The molecule has 0 radical (unpaired) electrons. The standard InChI is InChI=1S/C15H32O6/c1-15(2,3)21-11-9-19-13-14(20-10-7-17-5)12-18-8-6-16-4/h14H,6-13H2,1-5H3. The van der Waals surface area contributed by atoms with Gasteiger partial charge in [-0.3, -0.25) is 0 Å². The maximum atomic E-state index is 5.65. The van der Waals surface area contributed by atoms with E-state index in [-0.39, 0.29) is 11.7 Å². The van der Waals surface area contributed by atoms with E-state index in [1.54, 1.807) is 14.2 Å². The van der Waals surface area contributed by atoms with Crippen molar-refractivity contribution in [2.75, 3.05) is 67.1 Å². The van der Waals surface area contributed by atoms with Gasteiger partial charge in [0.25, 0.3) is 0 Å². The molecule has 0 saturated carbocycles. The molecule has 0 N–H and O–H groups in total. The molecule has 21 heavy (non-hydrogen) atoms. The smallest absolute Gasteiger partial charge is 0.104 e. The number of hydrogen-bond acceptors (Lipinski definition) is 6. The highest BCUT2D eigenvalue weighted by atomic mass is 16.6. The molecule has 0 saturated heterocycles. The zero-order valence-corrected chi connectivity index (χ0v) is 14.2. The Hall–Kier alpha value is -0.240. The second-order valence-electron chi connectivity index (χ2n) is 5.59. The van der Waals surface area contributed by atoms with Gasteiger partial charge >= 0.3 is 0 Å². The Balaban J connectivity index is 3.75. The summed E-state index contributed by atoms with van der Waals surface area (Å²) in [6.07, 6.45) is -0.105. The SMILES string of the molecule is COCCOCC(COCCOC(C)(C)C)OCCOC. The zero-order valence-electron chi connectivity index (χ0n) is 14.2. The van der Waals surface area contributed by atoms with Crippen LogP contribution in [0.25, 0.3) is 0 Å². The first kappa shape index (κ1) is 20.8. The van der Waals surface area contributed by atoms with Crippen LogP contribution in [0.3, 0.4) is 0 Å². The third-order valence-corrected chi connectivity index (χ3v) is 2.44. The van der Waals surface area contributed by atoms with Gasteiger partial charge < -0.3 is 28.4 Å². The Morgan fingerprint density at radius 3 is 1.76 bits per heavy atom. The van der Waals surface area contributed by atoms with Gasteiger partial charge in [-0.25, -0.2) is 0 Å². The number of ether oxygens (including phenoxy) is 6. The van der Waals surface area contributed by atoms with Gasteiger partial charge in [-0.1, -0.05) is 0 Å². The Labute approximate surface area is 129 Å². The number of hydrogen-bond donors (Lipinski definition) is 0. The lowest BCUT2D eigenvalue weighted by atomic mass is 10.2. The minimum absolute atomic E-state index is 0.105. The van der Waals surface area contributed by atoms with Gasteiger partial charge in [-0.2, -0.15) is 0 Å². The predicted octanol–water partition coefficient (Wildman–Crippen LogP) is 1.51. The summed E-state index contributed by atoms with van der Waals surface area (Å²) in [6, 6.07) is 0. The Bertz CT molecular complexity index is 217. The fraction of sp³-hybridized carbons (Fsp3) is 1.00. The summed E-state index contributed by atoms with van der Waals surface area (Å²) in [4.78, 5) is 0. The van der Waals surface area contributed by atoms with Crippen molar-refractivity contribution in [1.29, 1.82) is 0 Å². The highest BCUT2D eigenvalue weighted by molar-refractivity contribution is 4.59. The minimum atomic E-state index is -0.138. The number of methoxy groups -OCH3 is 2. The lowest BCUT2D eigenvalue weighted by Gasteiger charge is -2.21. The first-order valence-electron chi connectivity index (χ1n) is 7.38. The summed E-state index contributed by atoms with van der Waals surface area (Å²) < 4.78 is 32.2. The van der Waals surface area contributed by atoms with Gasteiger partial charge in [0.2, 0.25) is 0 Å². The molecule has 128 valence electrons. The van der Waals surface area contributed by atoms with E-state index in [4.69, 9.17) is 28.4 Å².